The summed E-state index contributed by atoms with van der Waals surface area (Å²) in [7, 11) is 3.32. The third-order valence-corrected chi connectivity index (χ3v) is 5.37. The SMILES string of the molecule is COCCN1CCCN(C(=O)C2(COC)CCN(C(=O)OC(C)(C)C)C2)CC1. The van der Waals surface area contributed by atoms with Crippen LogP contribution in [0.4, 0.5) is 4.79 Å². The van der Waals surface area contributed by atoms with Gasteiger partial charge in [0.1, 0.15) is 5.60 Å². The molecule has 28 heavy (non-hydrogen) atoms. The number of likely N-dealkylation sites (tertiary alicyclic amines) is 1. The molecule has 1 unspecified atom stereocenters. The van der Waals surface area contributed by atoms with E-state index in [1.165, 1.54) is 0 Å². The average molecular weight is 400 g/mol. The minimum atomic E-state index is -0.687. The van der Waals surface area contributed by atoms with Crippen LogP contribution < -0.4 is 0 Å². The summed E-state index contributed by atoms with van der Waals surface area (Å²) >= 11 is 0. The molecule has 162 valence electrons. The van der Waals surface area contributed by atoms with Crippen molar-refractivity contribution < 1.29 is 23.8 Å². The average Bonchev–Trinajstić information content (AvgIpc) is 2.91. The van der Waals surface area contributed by atoms with Gasteiger partial charge in [0.15, 0.2) is 0 Å². The Bertz CT molecular complexity index is 536. The van der Waals surface area contributed by atoms with Crippen LogP contribution in [0.25, 0.3) is 0 Å². The van der Waals surface area contributed by atoms with E-state index in [0.717, 1.165) is 32.6 Å². The molecule has 2 saturated heterocycles. The van der Waals surface area contributed by atoms with E-state index in [0.29, 0.717) is 39.3 Å². The fourth-order valence-corrected chi connectivity index (χ4v) is 3.94. The molecule has 2 rings (SSSR count). The summed E-state index contributed by atoms with van der Waals surface area (Å²) in [5.41, 5.74) is -1.24. The van der Waals surface area contributed by atoms with Crippen LogP contribution in [0.15, 0.2) is 0 Å². The van der Waals surface area contributed by atoms with Crippen molar-refractivity contribution in [3.05, 3.63) is 0 Å². The molecule has 2 heterocycles. The van der Waals surface area contributed by atoms with Gasteiger partial charge in [-0.05, 0) is 40.2 Å². The number of ether oxygens (including phenoxy) is 3. The Morgan fingerprint density at radius 2 is 1.71 bits per heavy atom. The van der Waals surface area contributed by atoms with E-state index < -0.39 is 11.0 Å². The molecule has 0 aromatic carbocycles. The molecule has 0 aliphatic carbocycles. The molecule has 0 aromatic rings. The van der Waals surface area contributed by atoms with E-state index >= 15 is 0 Å². The molecule has 2 amide bonds. The van der Waals surface area contributed by atoms with Crippen LogP contribution in [0.2, 0.25) is 0 Å². The van der Waals surface area contributed by atoms with E-state index in [4.69, 9.17) is 14.2 Å². The molecule has 8 heteroatoms. The normalized spacial score (nSPS) is 24.3. The van der Waals surface area contributed by atoms with Crippen LogP contribution in [-0.4, -0.2) is 106 Å². The predicted octanol–water partition coefficient (Wildman–Crippen LogP) is 1.44. The van der Waals surface area contributed by atoms with E-state index in [1.807, 2.05) is 25.7 Å². The van der Waals surface area contributed by atoms with Gasteiger partial charge in [0.25, 0.3) is 0 Å². The van der Waals surface area contributed by atoms with Crippen molar-refractivity contribution in [3.63, 3.8) is 0 Å². The van der Waals surface area contributed by atoms with Crippen LogP contribution in [0.1, 0.15) is 33.6 Å². The number of hydrogen-bond acceptors (Lipinski definition) is 6. The van der Waals surface area contributed by atoms with Crippen molar-refractivity contribution in [2.75, 3.05) is 73.2 Å². The Kier molecular flexibility index (Phi) is 8.09. The Balaban J connectivity index is 2.02. The van der Waals surface area contributed by atoms with Crippen molar-refractivity contribution in [2.45, 2.75) is 39.2 Å². The van der Waals surface area contributed by atoms with Gasteiger partial charge in [-0.1, -0.05) is 0 Å². The largest absolute Gasteiger partial charge is 0.444 e. The molecule has 0 saturated carbocycles. The maximum Gasteiger partial charge on any atom is 0.410 e. The van der Waals surface area contributed by atoms with Gasteiger partial charge in [-0.2, -0.15) is 0 Å². The zero-order valence-corrected chi connectivity index (χ0v) is 18.2. The Labute approximate surface area is 169 Å². The van der Waals surface area contributed by atoms with Crippen molar-refractivity contribution in [3.8, 4) is 0 Å². The summed E-state index contributed by atoms with van der Waals surface area (Å²) in [5.74, 6) is 0.0917. The summed E-state index contributed by atoms with van der Waals surface area (Å²) in [6, 6.07) is 0. The third-order valence-electron chi connectivity index (χ3n) is 5.37. The van der Waals surface area contributed by atoms with Crippen LogP contribution in [0.3, 0.4) is 0 Å². The highest BCUT2D eigenvalue weighted by molar-refractivity contribution is 5.85. The lowest BCUT2D eigenvalue weighted by Gasteiger charge is -2.33. The summed E-state index contributed by atoms with van der Waals surface area (Å²) in [5, 5.41) is 0. The Morgan fingerprint density at radius 1 is 0.964 bits per heavy atom. The molecule has 2 aliphatic rings. The monoisotopic (exact) mass is 399 g/mol. The molecule has 2 aliphatic heterocycles. The standard InChI is InChI=1S/C20H37N3O5/c1-19(2,3)28-18(25)23-10-7-20(15-23,16-27-5)17(24)22-9-6-8-21(11-12-22)13-14-26-4/h6-16H2,1-5H3. The lowest BCUT2D eigenvalue weighted by atomic mass is 9.86. The summed E-state index contributed by atoms with van der Waals surface area (Å²) in [4.78, 5) is 31.9. The van der Waals surface area contributed by atoms with Crippen LogP contribution >= 0.6 is 0 Å². The quantitative estimate of drug-likeness (QED) is 0.673. The van der Waals surface area contributed by atoms with Gasteiger partial charge in [0.05, 0.1) is 18.6 Å². The number of rotatable bonds is 6. The summed E-state index contributed by atoms with van der Waals surface area (Å²) in [6.07, 6.45) is 1.18. The molecule has 0 aromatic heterocycles. The van der Waals surface area contributed by atoms with Crippen molar-refractivity contribution in [1.29, 1.82) is 0 Å². The van der Waals surface area contributed by atoms with Gasteiger partial charge in [-0.3, -0.25) is 9.69 Å². The van der Waals surface area contributed by atoms with Gasteiger partial charge in [-0.15, -0.1) is 0 Å². The minimum absolute atomic E-state index is 0.0917. The molecule has 0 radical (unpaired) electrons. The zero-order chi connectivity index (χ0) is 20.8. The van der Waals surface area contributed by atoms with Crippen molar-refractivity contribution in [2.24, 2.45) is 5.41 Å². The molecule has 0 spiro atoms. The van der Waals surface area contributed by atoms with E-state index in [-0.39, 0.29) is 12.0 Å². The number of amides is 2. The zero-order valence-electron chi connectivity index (χ0n) is 18.2. The van der Waals surface area contributed by atoms with E-state index in [2.05, 4.69) is 4.90 Å². The van der Waals surface area contributed by atoms with Crippen molar-refractivity contribution >= 4 is 12.0 Å². The number of methoxy groups -OCH3 is 2. The first-order chi connectivity index (χ1) is 13.2. The predicted molar refractivity (Wildman–Crippen MR) is 106 cm³/mol. The van der Waals surface area contributed by atoms with Gasteiger partial charge in [0, 0.05) is 53.5 Å². The first-order valence-corrected chi connectivity index (χ1v) is 10.2. The van der Waals surface area contributed by atoms with E-state index in [9.17, 15) is 9.59 Å². The molecule has 0 bridgehead atoms. The molecule has 8 nitrogen and oxygen atoms in total. The highest BCUT2D eigenvalue weighted by Gasteiger charge is 2.48. The molecular weight excluding hydrogens is 362 g/mol. The Morgan fingerprint density at radius 3 is 2.36 bits per heavy atom. The van der Waals surface area contributed by atoms with Gasteiger partial charge >= 0.3 is 6.09 Å². The molecule has 2 fully saturated rings. The van der Waals surface area contributed by atoms with Gasteiger partial charge < -0.3 is 24.0 Å². The van der Waals surface area contributed by atoms with E-state index in [1.54, 1.807) is 19.1 Å². The third kappa shape index (κ3) is 6.06. The number of nitrogens with zero attached hydrogens (tertiary/aromatic N) is 3. The lowest BCUT2D eigenvalue weighted by molar-refractivity contribution is -0.144. The van der Waals surface area contributed by atoms with Crippen molar-refractivity contribution in [1.82, 2.24) is 14.7 Å². The van der Waals surface area contributed by atoms with Gasteiger partial charge in [-0.25, -0.2) is 4.79 Å². The van der Waals surface area contributed by atoms with Crippen LogP contribution in [0.5, 0.6) is 0 Å². The summed E-state index contributed by atoms with van der Waals surface area (Å²) in [6.45, 7) is 11.5. The number of carbonyl (C=O) groups is 2. The fraction of sp³-hybridized carbons (Fsp3) is 0.900. The maximum absolute atomic E-state index is 13.5. The lowest BCUT2D eigenvalue weighted by Crippen LogP contribution is -2.50. The fourth-order valence-electron chi connectivity index (χ4n) is 3.94. The van der Waals surface area contributed by atoms with Crippen LogP contribution in [-0.2, 0) is 19.0 Å². The first kappa shape index (κ1) is 22.9. The Hall–Kier alpha value is -1.38. The first-order valence-electron chi connectivity index (χ1n) is 10.2. The molecule has 1 atom stereocenters. The second-order valence-corrected chi connectivity index (χ2v) is 8.85. The minimum Gasteiger partial charge on any atom is -0.444 e. The second-order valence-electron chi connectivity index (χ2n) is 8.85. The van der Waals surface area contributed by atoms with Gasteiger partial charge in [0.2, 0.25) is 5.91 Å². The van der Waals surface area contributed by atoms with Crippen LogP contribution in [0, 0.1) is 5.41 Å². The number of hydrogen-bond donors (Lipinski definition) is 0. The second kappa shape index (κ2) is 9.89. The topological polar surface area (TPSA) is 71.6 Å². The highest BCUT2D eigenvalue weighted by atomic mass is 16.6. The molecular formula is C20H37N3O5. The smallest absolute Gasteiger partial charge is 0.410 e. The summed E-state index contributed by atoms with van der Waals surface area (Å²) < 4.78 is 16.1. The highest BCUT2D eigenvalue weighted by Crippen LogP contribution is 2.34. The number of carbonyl (C=O) groups excluding carboxylic acids is 2. The molecule has 0 N–H and O–H groups in total. The maximum atomic E-state index is 13.5.